The second-order valence-corrected chi connectivity index (χ2v) is 6.00. The molecule has 0 aliphatic rings. The predicted molar refractivity (Wildman–Crippen MR) is 88.1 cm³/mol. The first kappa shape index (κ1) is 15.5. The maximum atomic E-state index is 6.08. The number of nitrogens with one attached hydrogen (secondary N) is 1. The Kier molecular flexibility index (Phi) is 5.23. The van der Waals surface area contributed by atoms with E-state index in [2.05, 4.69) is 47.1 Å². The fraction of sp³-hybridized carbons (Fsp3) is 0.231. The fourth-order valence-corrected chi connectivity index (χ4v) is 3.24. The van der Waals surface area contributed by atoms with Crippen LogP contribution in [0.15, 0.2) is 27.4 Å². The van der Waals surface area contributed by atoms with Gasteiger partial charge in [0.05, 0.1) is 17.3 Å². The molecule has 4 nitrogen and oxygen atoms in total. The number of hydrogen-bond donors (Lipinski definition) is 1. The minimum atomic E-state index is 0.463. The molecule has 0 unspecified atom stereocenters. The van der Waals surface area contributed by atoms with Gasteiger partial charge in [-0.05, 0) is 44.3 Å². The zero-order chi connectivity index (χ0) is 14.7. The van der Waals surface area contributed by atoms with Crippen LogP contribution in [-0.4, -0.2) is 17.1 Å². The number of halogens is 3. The van der Waals surface area contributed by atoms with Crippen LogP contribution in [0.5, 0.6) is 5.75 Å². The smallest absolute Gasteiger partial charge is 0.138 e. The molecule has 106 valence electrons. The highest BCUT2D eigenvalue weighted by atomic mass is 79.9. The Bertz CT molecular complexity index is 637. The van der Waals surface area contributed by atoms with Gasteiger partial charge in [-0.3, -0.25) is 0 Å². The van der Waals surface area contributed by atoms with E-state index in [0.29, 0.717) is 11.0 Å². The molecule has 7 heteroatoms. The van der Waals surface area contributed by atoms with Gasteiger partial charge < -0.3 is 10.1 Å². The van der Waals surface area contributed by atoms with E-state index in [1.807, 2.05) is 19.1 Å². The molecule has 0 saturated carbocycles. The number of methoxy groups -OCH3 is 1. The second kappa shape index (κ2) is 6.74. The second-order valence-electron chi connectivity index (χ2n) is 3.94. The highest BCUT2D eigenvalue weighted by Crippen LogP contribution is 2.36. The Morgan fingerprint density at radius 2 is 2.00 bits per heavy atom. The summed E-state index contributed by atoms with van der Waals surface area (Å²) in [5.74, 6) is 1.42. The van der Waals surface area contributed by atoms with Gasteiger partial charge in [0, 0.05) is 16.1 Å². The van der Waals surface area contributed by atoms with Crippen LogP contribution in [-0.2, 0) is 6.42 Å². The van der Waals surface area contributed by atoms with Crippen molar-refractivity contribution in [1.82, 2.24) is 9.97 Å². The molecule has 0 spiro atoms. The molecule has 1 N–H and O–H groups in total. The molecule has 0 fully saturated rings. The van der Waals surface area contributed by atoms with Crippen LogP contribution in [0, 0.1) is 0 Å². The number of anilines is 2. The Balaban J connectivity index is 2.42. The Morgan fingerprint density at radius 1 is 1.25 bits per heavy atom. The zero-order valence-electron chi connectivity index (χ0n) is 10.9. The third-order valence-electron chi connectivity index (χ3n) is 2.74. The number of rotatable bonds is 4. The molecule has 0 bridgehead atoms. The minimum Gasteiger partial charge on any atom is -0.495 e. The van der Waals surface area contributed by atoms with Crippen molar-refractivity contribution >= 4 is 55.0 Å². The van der Waals surface area contributed by atoms with E-state index in [0.717, 1.165) is 32.4 Å². The SMILES string of the molecule is CCc1c(Cl)ncnc1Nc1cc(OC)c(Br)cc1Br. The van der Waals surface area contributed by atoms with Gasteiger partial charge in [0.25, 0.3) is 0 Å². The number of aromatic nitrogens is 2. The van der Waals surface area contributed by atoms with Gasteiger partial charge in [0.1, 0.15) is 23.0 Å². The summed E-state index contributed by atoms with van der Waals surface area (Å²) in [4.78, 5) is 8.24. The molecule has 2 aromatic rings. The number of nitrogens with zero attached hydrogens (tertiary/aromatic N) is 2. The fourth-order valence-electron chi connectivity index (χ4n) is 1.72. The van der Waals surface area contributed by atoms with Crippen molar-refractivity contribution in [2.45, 2.75) is 13.3 Å². The molecule has 1 heterocycles. The van der Waals surface area contributed by atoms with Gasteiger partial charge in [0.2, 0.25) is 0 Å². The quantitative estimate of drug-likeness (QED) is 0.708. The summed E-state index contributed by atoms with van der Waals surface area (Å²) in [5.41, 5.74) is 1.72. The lowest BCUT2D eigenvalue weighted by Crippen LogP contribution is -2.01. The topological polar surface area (TPSA) is 47.0 Å². The van der Waals surface area contributed by atoms with E-state index < -0.39 is 0 Å². The molecule has 0 aliphatic heterocycles. The molecule has 0 amide bonds. The van der Waals surface area contributed by atoms with Crippen LogP contribution in [0.4, 0.5) is 11.5 Å². The van der Waals surface area contributed by atoms with Gasteiger partial charge in [-0.25, -0.2) is 9.97 Å². The lowest BCUT2D eigenvalue weighted by atomic mass is 10.2. The summed E-state index contributed by atoms with van der Waals surface area (Å²) in [5, 5.41) is 3.71. The summed E-state index contributed by atoms with van der Waals surface area (Å²) < 4.78 is 7.05. The monoisotopic (exact) mass is 419 g/mol. The summed E-state index contributed by atoms with van der Waals surface area (Å²) in [6, 6.07) is 3.79. The average molecular weight is 422 g/mol. The van der Waals surface area contributed by atoms with E-state index in [1.165, 1.54) is 6.33 Å². The number of benzene rings is 1. The molecule has 0 radical (unpaired) electrons. The molecule has 0 saturated heterocycles. The van der Waals surface area contributed by atoms with Crippen LogP contribution < -0.4 is 10.1 Å². The van der Waals surface area contributed by atoms with Crippen LogP contribution in [0.1, 0.15) is 12.5 Å². The Hall–Kier alpha value is -0.850. The van der Waals surface area contributed by atoms with E-state index in [4.69, 9.17) is 16.3 Å². The molecule has 1 aromatic heterocycles. The molecule has 0 aliphatic carbocycles. The average Bonchev–Trinajstić information content (AvgIpc) is 2.42. The Labute approximate surface area is 139 Å². The molecule has 0 atom stereocenters. The number of hydrogen-bond acceptors (Lipinski definition) is 4. The van der Waals surface area contributed by atoms with Crippen molar-refractivity contribution in [2.24, 2.45) is 0 Å². The van der Waals surface area contributed by atoms with E-state index >= 15 is 0 Å². The summed E-state index contributed by atoms with van der Waals surface area (Å²) >= 11 is 13.0. The van der Waals surface area contributed by atoms with Crippen molar-refractivity contribution in [2.75, 3.05) is 12.4 Å². The molecular formula is C13H12Br2ClN3O. The Morgan fingerprint density at radius 3 is 2.65 bits per heavy atom. The first-order valence-corrected chi connectivity index (χ1v) is 7.82. The van der Waals surface area contributed by atoms with Gasteiger partial charge in [0.15, 0.2) is 0 Å². The largest absolute Gasteiger partial charge is 0.495 e. The standard InChI is InChI=1S/C13H12Br2ClN3O/c1-3-7-12(16)17-6-18-13(7)19-10-5-11(20-2)9(15)4-8(10)14/h4-6H,3H2,1-2H3,(H,17,18,19). The van der Waals surface area contributed by atoms with Crippen molar-refractivity contribution in [3.05, 3.63) is 38.1 Å². The predicted octanol–water partition coefficient (Wildman–Crippen LogP) is 4.97. The van der Waals surface area contributed by atoms with Crippen molar-refractivity contribution in [1.29, 1.82) is 0 Å². The normalized spacial score (nSPS) is 10.4. The minimum absolute atomic E-state index is 0.463. The summed E-state index contributed by atoms with van der Waals surface area (Å²) in [6.45, 7) is 2.01. The zero-order valence-corrected chi connectivity index (χ0v) is 14.8. The van der Waals surface area contributed by atoms with Gasteiger partial charge in [-0.1, -0.05) is 18.5 Å². The highest BCUT2D eigenvalue weighted by molar-refractivity contribution is 9.11. The van der Waals surface area contributed by atoms with Crippen molar-refractivity contribution < 1.29 is 4.74 Å². The van der Waals surface area contributed by atoms with Crippen molar-refractivity contribution in [3.63, 3.8) is 0 Å². The lowest BCUT2D eigenvalue weighted by Gasteiger charge is -2.13. The summed E-state index contributed by atoms with van der Waals surface area (Å²) in [6.07, 6.45) is 2.18. The molecular weight excluding hydrogens is 409 g/mol. The van der Waals surface area contributed by atoms with Crippen molar-refractivity contribution in [3.8, 4) is 5.75 Å². The van der Waals surface area contributed by atoms with Crippen LogP contribution in [0.2, 0.25) is 5.15 Å². The highest BCUT2D eigenvalue weighted by Gasteiger charge is 2.12. The first-order valence-electron chi connectivity index (χ1n) is 5.86. The van der Waals surface area contributed by atoms with E-state index in [1.54, 1.807) is 7.11 Å². The first-order chi connectivity index (χ1) is 9.56. The third-order valence-corrected chi connectivity index (χ3v) is 4.34. The van der Waals surface area contributed by atoms with E-state index in [-0.39, 0.29) is 0 Å². The van der Waals surface area contributed by atoms with Crippen LogP contribution in [0.25, 0.3) is 0 Å². The van der Waals surface area contributed by atoms with E-state index in [9.17, 15) is 0 Å². The third kappa shape index (κ3) is 3.24. The van der Waals surface area contributed by atoms with Crippen LogP contribution in [0.3, 0.4) is 0 Å². The van der Waals surface area contributed by atoms with Crippen LogP contribution >= 0.6 is 43.5 Å². The molecule has 1 aromatic carbocycles. The maximum absolute atomic E-state index is 6.08. The van der Waals surface area contributed by atoms with Gasteiger partial charge in [-0.15, -0.1) is 0 Å². The lowest BCUT2D eigenvalue weighted by molar-refractivity contribution is 0.412. The number of ether oxygens (including phenoxy) is 1. The summed E-state index contributed by atoms with van der Waals surface area (Å²) in [7, 11) is 1.62. The van der Waals surface area contributed by atoms with Gasteiger partial charge in [-0.2, -0.15) is 0 Å². The molecule has 2 rings (SSSR count). The molecule has 20 heavy (non-hydrogen) atoms. The maximum Gasteiger partial charge on any atom is 0.138 e. The van der Waals surface area contributed by atoms with Gasteiger partial charge >= 0.3 is 0 Å².